The molecule has 0 bridgehead atoms. The number of hydrogen-bond acceptors (Lipinski definition) is 8. The summed E-state index contributed by atoms with van der Waals surface area (Å²) in [5, 5.41) is 3.83. The van der Waals surface area contributed by atoms with Crippen molar-refractivity contribution in [2.45, 2.75) is 19.8 Å². The van der Waals surface area contributed by atoms with Crippen LogP contribution in [0.15, 0.2) is 18.5 Å². The Labute approximate surface area is 185 Å². The number of ether oxygens (including phenoxy) is 1. The smallest absolute Gasteiger partial charge is 0.258 e. The highest BCUT2D eigenvalue weighted by atomic mass is 19.3. The largest absolute Gasteiger partial charge is 0.378 e. The molecular weight excluding hydrogens is 418 g/mol. The van der Waals surface area contributed by atoms with Gasteiger partial charge in [-0.05, 0) is 19.9 Å². The minimum absolute atomic E-state index is 0. The van der Waals surface area contributed by atoms with E-state index < -0.39 is 17.8 Å². The van der Waals surface area contributed by atoms with Crippen LogP contribution in [0.3, 0.4) is 0 Å². The highest BCUT2D eigenvalue weighted by Gasteiger charge is 2.72. The number of hydrogen-bond donors (Lipinski definition) is 0. The third-order valence-electron chi connectivity index (χ3n) is 6.34. The lowest BCUT2D eigenvalue weighted by Crippen LogP contribution is -2.38. The van der Waals surface area contributed by atoms with Gasteiger partial charge < -0.3 is 14.5 Å². The fourth-order valence-corrected chi connectivity index (χ4v) is 4.24. The van der Waals surface area contributed by atoms with Crippen molar-refractivity contribution in [2.24, 2.45) is 18.9 Å². The molecular formula is C21H28F2N8O. The summed E-state index contributed by atoms with van der Waals surface area (Å²) in [6, 6.07) is 1.89. The zero-order chi connectivity index (χ0) is 22.5. The third kappa shape index (κ3) is 3.74. The Morgan fingerprint density at radius 2 is 1.69 bits per heavy atom. The molecule has 3 fully saturated rings. The number of aryl methyl sites for hydroxylation is 3. The van der Waals surface area contributed by atoms with Gasteiger partial charge in [0.05, 0.1) is 36.4 Å². The van der Waals surface area contributed by atoms with Gasteiger partial charge in [0.25, 0.3) is 5.92 Å². The summed E-state index contributed by atoms with van der Waals surface area (Å²) >= 11 is 0. The van der Waals surface area contributed by atoms with E-state index in [1.165, 1.54) is 0 Å². The van der Waals surface area contributed by atoms with Crippen molar-refractivity contribution in [1.82, 2.24) is 29.7 Å². The Bertz CT molecular complexity index is 1110. The summed E-state index contributed by atoms with van der Waals surface area (Å²) in [7, 11) is 1.89. The Hall–Kier alpha value is -2.95. The van der Waals surface area contributed by atoms with E-state index in [0.717, 1.165) is 11.4 Å². The molecule has 0 amide bonds. The molecule has 11 heteroatoms. The van der Waals surface area contributed by atoms with Crippen LogP contribution in [0.25, 0.3) is 11.2 Å². The van der Waals surface area contributed by atoms with Crippen molar-refractivity contribution in [3.63, 3.8) is 0 Å². The van der Waals surface area contributed by atoms with Crippen LogP contribution in [0.5, 0.6) is 0 Å². The van der Waals surface area contributed by atoms with E-state index in [1.54, 1.807) is 10.9 Å². The molecule has 5 heterocycles. The number of piperidine rings is 1. The number of aromatic nitrogens is 6. The summed E-state index contributed by atoms with van der Waals surface area (Å²) in [6.07, 6.45) is 3.64. The van der Waals surface area contributed by atoms with Crippen molar-refractivity contribution in [2.75, 3.05) is 49.2 Å². The van der Waals surface area contributed by atoms with Crippen LogP contribution >= 0.6 is 0 Å². The first kappa shape index (κ1) is 20.9. The predicted octanol–water partition coefficient (Wildman–Crippen LogP) is 2.24. The van der Waals surface area contributed by atoms with Crippen LogP contribution in [0, 0.1) is 25.7 Å². The number of morpholine rings is 1. The lowest BCUT2D eigenvalue weighted by molar-refractivity contribution is 0.0797. The molecule has 9 nitrogen and oxygen atoms in total. The number of rotatable bonds is 2. The molecule has 1 saturated carbocycles. The molecule has 3 aromatic rings. The zero-order valence-corrected chi connectivity index (χ0v) is 18.4. The van der Waals surface area contributed by atoms with Crippen molar-refractivity contribution in [3.05, 3.63) is 29.8 Å². The van der Waals surface area contributed by atoms with Crippen molar-refractivity contribution in [3.8, 4) is 0 Å². The van der Waals surface area contributed by atoms with Gasteiger partial charge in [0, 0.05) is 47.0 Å². The summed E-state index contributed by atoms with van der Waals surface area (Å²) in [5.41, 5.74) is 2.73. The first-order valence-electron chi connectivity index (χ1n) is 10.8. The van der Waals surface area contributed by atoms with E-state index >= 15 is 0 Å². The topological polar surface area (TPSA) is 85.1 Å². The number of fused-ring (bicyclic) bond motifs is 2. The highest BCUT2D eigenvalue weighted by Crippen LogP contribution is 2.59. The van der Waals surface area contributed by atoms with E-state index in [4.69, 9.17) is 9.72 Å². The van der Waals surface area contributed by atoms with Gasteiger partial charge in [0.1, 0.15) is 0 Å². The molecule has 0 spiro atoms. The second kappa shape index (κ2) is 7.88. The lowest BCUT2D eigenvalue weighted by atomic mass is 10.3. The van der Waals surface area contributed by atoms with Crippen LogP contribution in [-0.4, -0.2) is 75.0 Å². The minimum atomic E-state index is -2.52. The lowest BCUT2D eigenvalue weighted by Gasteiger charge is -2.28. The Morgan fingerprint density at radius 1 is 1.00 bits per heavy atom. The van der Waals surface area contributed by atoms with Crippen molar-refractivity contribution >= 4 is 22.9 Å². The van der Waals surface area contributed by atoms with Crippen LogP contribution < -0.4 is 9.80 Å². The maximum absolute atomic E-state index is 13.6. The quantitative estimate of drug-likeness (QED) is 0.593. The fraction of sp³-hybridized carbons (Fsp3) is 0.571. The first-order valence-corrected chi connectivity index (χ1v) is 10.8. The average molecular weight is 447 g/mol. The fourth-order valence-electron chi connectivity index (χ4n) is 4.24. The second-order valence-corrected chi connectivity index (χ2v) is 8.49. The summed E-state index contributed by atoms with van der Waals surface area (Å²) in [5.74, 6) is -2.47. The number of nitrogens with zero attached hydrogens (tertiary/aromatic N) is 8. The predicted molar refractivity (Wildman–Crippen MR) is 117 cm³/mol. The van der Waals surface area contributed by atoms with Gasteiger partial charge in [-0.15, -0.1) is 0 Å². The van der Waals surface area contributed by atoms with E-state index in [1.807, 2.05) is 38.1 Å². The maximum Gasteiger partial charge on any atom is 0.258 e. The number of halogens is 2. The van der Waals surface area contributed by atoms with Gasteiger partial charge in [-0.2, -0.15) is 15.1 Å². The van der Waals surface area contributed by atoms with Gasteiger partial charge in [0.15, 0.2) is 17.0 Å². The van der Waals surface area contributed by atoms with E-state index in [9.17, 15) is 8.78 Å². The molecule has 3 aliphatic rings. The Morgan fingerprint density at radius 3 is 2.28 bits per heavy atom. The Kier molecular flexibility index (Phi) is 5.15. The summed E-state index contributed by atoms with van der Waals surface area (Å²) in [4.78, 5) is 22.5. The van der Waals surface area contributed by atoms with Gasteiger partial charge in [-0.3, -0.25) is 4.68 Å². The van der Waals surface area contributed by atoms with Gasteiger partial charge in [-0.1, -0.05) is 0 Å². The summed E-state index contributed by atoms with van der Waals surface area (Å²) in [6.45, 7) is 7.03. The molecule has 2 unspecified atom stereocenters. The van der Waals surface area contributed by atoms with Gasteiger partial charge >= 0.3 is 0 Å². The molecule has 0 aromatic carbocycles. The average Bonchev–Trinajstić information content (AvgIpc) is 3.24. The number of anilines is 2. The number of alkyl halides is 2. The second-order valence-electron chi connectivity index (χ2n) is 8.49. The van der Waals surface area contributed by atoms with Crippen LogP contribution in [0.2, 0.25) is 0 Å². The molecule has 0 radical (unpaired) electrons. The zero-order valence-electron chi connectivity index (χ0n) is 18.4. The van der Waals surface area contributed by atoms with Gasteiger partial charge in [-0.25, -0.2) is 18.7 Å². The standard InChI is InChI=1S/C17H20F2N6O.C4H6N2.H2/c1-9-10(2)21-14-13(20-9)15(25-7-11-12(8-25)17(11,18)19)23-16(22-14)24-3-5-26-6-4-24;1-6-4-2-3-5-6;/h11-12H,3-8H2,1-2H3;2-4H,1H3;1H. The molecule has 1 aliphatic carbocycles. The monoisotopic (exact) mass is 446 g/mol. The molecule has 2 aliphatic heterocycles. The van der Waals surface area contributed by atoms with Crippen molar-refractivity contribution in [1.29, 1.82) is 0 Å². The highest BCUT2D eigenvalue weighted by molar-refractivity contribution is 5.85. The third-order valence-corrected chi connectivity index (χ3v) is 6.34. The molecule has 3 aromatic heterocycles. The SMILES string of the molecule is Cc1nc2nc(N3CCOCC3)nc(N3CC4C(C3)C4(F)F)c2nc1C.Cn1cccn1.[HH]. The molecule has 2 atom stereocenters. The van der Waals surface area contributed by atoms with Crippen LogP contribution in [0.1, 0.15) is 12.8 Å². The molecule has 32 heavy (non-hydrogen) atoms. The summed E-state index contributed by atoms with van der Waals surface area (Å²) < 4.78 is 34.4. The minimum Gasteiger partial charge on any atom is -0.378 e. The van der Waals surface area contributed by atoms with E-state index in [-0.39, 0.29) is 1.43 Å². The molecule has 2 saturated heterocycles. The van der Waals surface area contributed by atoms with E-state index in [0.29, 0.717) is 62.3 Å². The van der Waals surface area contributed by atoms with Crippen molar-refractivity contribution < 1.29 is 14.9 Å². The van der Waals surface area contributed by atoms with Gasteiger partial charge in [0.2, 0.25) is 5.95 Å². The molecule has 6 rings (SSSR count). The van der Waals surface area contributed by atoms with Crippen LogP contribution in [0.4, 0.5) is 20.5 Å². The maximum atomic E-state index is 13.6. The van der Waals surface area contributed by atoms with E-state index in [2.05, 4.69) is 25.0 Å². The first-order chi connectivity index (χ1) is 15.3. The Balaban J connectivity index is 0.000000325. The normalized spacial score (nSPS) is 23.7. The van der Waals surface area contributed by atoms with Crippen LogP contribution in [-0.2, 0) is 11.8 Å². The molecule has 172 valence electrons. The molecule has 0 N–H and O–H groups in total.